The Hall–Kier alpha value is -1.36. The number of hydrogen-bond acceptors (Lipinski definition) is 5. The van der Waals surface area contributed by atoms with Crippen LogP contribution in [-0.4, -0.2) is 35.2 Å². The first-order valence-corrected chi connectivity index (χ1v) is 7.05. The van der Waals surface area contributed by atoms with Crippen LogP contribution in [-0.2, 0) is 0 Å². The van der Waals surface area contributed by atoms with E-state index < -0.39 is 0 Å². The standard InChI is InChI=1S/C14H24N4O/c1-10(2)19-14-7-13(16-9-17-14)18-5-4-11(3)6-12(18)8-15/h7,9-12H,4-6,8,15H2,1-3H3. The summed E-state index contributed by atoms with van der Waals surface area (Å²) < 4.78 is 5.63. The summed E-state index contributed by atoms with van der Waals surface area (Å²) in [6, 6.07) is 2.28. The maximum absolute atomic E-state index is 5.90. The molecule has 0 aromatic carbocycles. The monoisotopic (exact) mass is 264 g/mol. The number of nitrogens with zero attached hydrogens (tertiary/aromatic N) is 3. The van der Waals surface area contributed by atoms with Gasteiger partial charge in [-0.25, -0.2) is 9.97 Å². The molecule has 2 rings (SSSR count). The van der Waals surface area contributed by atoms with Gasteiger partial charge in [-0.15, -0.1) is 0 Å². The van der Waals surface area contributed by atoms with Crippen molar-refractivity contribution in [2.45, 2.75) is 45.8 Å². The summed E-state index contributed by atoms with van der Waals surface area (Å²) in [6.07, 6.45) is 4.00. The van der Waals surface area contributed by atoms with Gasteiger partial charge in [0, 0.05) is 25.2 Å². The normalized spacial score (nSPS) is 23.7. The zero-order chi connectivity index (χ0) is 13.8. The number of nitrogens with two attached hydrogens (primary N) is 1. The second-order valence-electron chi connectivity index (χ2n) is 5.59. The Morgan fingerprint density at radius 2 is 2.26 bits per heavy atom. The van der Waals surface area contributed by atoms with Crippen molar-refractivity contribution in [3.8, 4) is 5.88 Å². The van der Waals surface area contributed by atoms with Crippen LogP contribution < -0.4 is 15.4 Å². The molecule has 2 atom stereocenters. The van der Waals surface area contributed by atoms with Crippen molar-refractivity contribution < 1.29 is 4.74 Å². The van der Waals surface area contributed by atoms with Gasteiger partial charge in [-0.1, -0.05) is 6.92 Å². The van der Waals surface area contributed by atoms with Gasteiger partial charge in [0.2, 0.25) is 5.88 Å². The molecular weight excluding hydrogens is 240 g/mol. The van der Waals surface area contributed by atoms with Gasteiger partial charge in [-0.2, -0.15) is 0 Å². The topological polar surface area (TPSA) is 64.3 Å². The lowest BCUT2D eigenvalue weighted by Gasteiger charge is -2.38. The SMILES string of the molecule is CC1CCN(c2cc(OC(C)C)ncn2)C(CN)C1. The van der Waals surface area contributed by atoms with E-state index in [-0.39, 0.29) is 6.10 Å². The van der Waals surface area contributed by atoms with Gasteiger partial charge in [0.25, 0.3) is 0 Å². The van der Waals surface area contributed by atoms with Crippen molar-refractivity contribution in [3.63, 3.8) is 0 Å². The number of hydrogen-bond donors (Lipinski definition) is 1. The molecule has 1 fully saturated rings. The summed E-state index contributed by atoms with van der Waals surface area (Å²) in [5.41, 5.74) is 5.90. The van der Waals surface area contributed by atoms with Crippen LogP contribution >= 0.6 is 0 Å². The number of ether oxygens (including phenoxy) is 1. The predicted molar refractivity (Wildman–Crippen MR) is 76.4 cm³/mol. The smallest absolute Gasteiger partial charge is 0.218 e. The quantitative estimate of drug-likeness (QED) is 0.898. The molecule has 5 nitrogen and oxygen atoms in total. The van der Waals surface area contributed by atoms with Crippen LogP contribution in [0.1, 0.15) is 33.6 Å². The summed E-state index contributed by atoms with van der Waals surface area (Å²) in [7, 11) is 0. The first-order valence-electron chi connectivity index (χ1n) is 7.05. The van der Waals surface area contributed by atoms with Crippen LogP contribution in [0.15, 0.2) is 12.4 Å². The lowest BCUT2D eigenvalue weighted by Crippen LogP contribution is -2.46. The third-order valence-electron chi connectivity index (χ3n) is 3.53. The average Bonchev–Trinajstić information content (AvgIpc) is 2.38. The predicted octanol–water partition coefficient (Wildman–Crippen LogP) is 1.83. The molecule has 0 bridgehead atoms. The molecule has 0 aliphatic carbocycles. The molecule has 0 spiro atoms. The Bertz CT molecular complexity index is 410. The molecule has 1 aromatic rings. The van der Waals surface area contributed by atoms with Crippen molar-refractivity contribution in [3.05, 3.63) is 12.4 Å². The van der Waals surface area contributed by atoms with E-state index in [2.05, 4.69) is 21.8 Å². The van der Waals surface area contributed by atoms with Crippen LogP contribution in [0.4, 0.5) is 5.82 Å². The summed E-state index contributed by atoms with van der Waals surface area (Å²) in [5.74, 6) is 2.29. The van der Waals surface area contributed by atoms with Crippen molar-refractivity contribution in [2.24, 2.45) is 11.7 Å². The van der Waals surface area contributed by atoms with Crippen molar-refractivity contribution in [2.75, 3.05) is 18.0 Å². The molecule has 1 aromatic heterocycles. The highest BCUT2D eigenvalue weighted by molar-refractivity contribution is 5.42. The maximum atomic E-state index is 5.90. The molecule has 0 saturated carbocycles. The van der Waals surface area contributed by atoms with E-state index >= 15 is 0 Å². The van der Waals surface area contributed by atoms with Gasteiger partial charge in [-0.05, 0) is 32.6 Å². The van der Waals surface area contributed by atoms with Crippen molar-refractivity contribution in [1.82, 2.24) is 9.97 Å². The molecule has 19 heavy (non-hydrogen) atoms. The van der Waals surface area contributed by atoms with Gasteiger partial charge in [-0.3, -0.25) is 0 Å². The molecule has 1 aliphatic heterocycles. The molecule has 1 aliphatic rings. The minimum Gasteiger partial charge on any atom is -0.475 e. The molecule has 1 saturated heterocycles. The van der Waals surface area contributed by atoms with Crippen LogP contribution in [0.3, 0.4) is 0 Å². The lowest BCUT2D eigenvalue weighted by molar-refractivity contribution is 0.232. The van der Waals surface area contributed by atoms with Crippen LogP contribution in [0.2, 0.25) is 0 Å². The molecule has 2 unspecified atom stereocenters. The summed E-state index contributed by atoms with van der Waals surface area (Å²) >= 11 is 0. The maximum Gasteiger partial charge on any atom is 0.218 e. The van der Waals surface area contributed by atoms with Gasteiger partial charge < -0.3 is 15.4 Å². The van der Waals surface area contributed by atoms with Gasteiger partial charge in [0.15, 0.2) is 0 Å². The Kier molecular flexibility index (Phi) is 4.58. The van der Waals surface area contributed by atoms with Crippen LogP contribution in [0.5, 0.6) is 5.88 Å². The van der Waals surface area contributed by atoms with Crippen LogP contribution in [0, 0.1) is 5.92 Å². The molecule has 0 radical (unpaired) electrons. The number of rotatable bonds is 4. The second kappa shape index (κ2) is 6.19. The molecule has 0 amide bonds. The zero-order valence-corrected chi connectivity index (χ0v) is 12.0. The Morgan fingerprint density at radius 1 is 1.47 bits per heavy atom. The van der Waals surface area contributed by atoms with E-state index in [1.807, 2.05) is 19.9 Å². The van der Waals surface area contributed by atoms with E-state index in [9.17, 15) is 0 Å². The minimum absolute atomic E-state index is 0.120. The highest BCUT2D eigenvalue weighted by Crippen LogP contribution is 2.27. The van der Waals surface area contributed by atoms with Gasteiger partial charge >= 0.3 is 0 Å². The first kappa shape index (κ1) is 14.1. The molecule has 2 N–H and O–H groups in total. The lowest BCUT2D eigenvalue weighted by atomic mass is 9.92. The van der Waals surface area contributed by atoms with Crippen LogP contribution in [0.25, 0.3) is 0 Å². The fourth-order valence-electron chi connectivity index (χ4n) is 2.57. The Labute approximate surface area is 115 Å². The fourth-order valence-corrected chi connectivity index (χ4v) is 2.57. The average molecular weight is 264 g/mol. The molecule has 2 heterocycles. The second-order valence-corrected chi connectivity index (χ2v) is 5.59. The van der Waals surface area contributed by atoms with Gasteiger partial charge in [0.05, 0.1) is 6.10 Å². The third-order valence-corrected chi connectivity index (χ3v) is 3.53. The van der Waals surface area contributed by atoms with E-state index in [0.717, 1.165) is 24.7 Å². The molecule has 106 valence electrons. The van der Waals surface area contributed by atoms with E-state index in [0.29, 0.717) is 18.5 Å². The third kappa shape index (κ3) is 3.56. The van der Waals surface area contributed by atoms with Gasteiger partial charge in [0.1, 0.15) is 12.1 Å². The largest absolute Gasteiger partial charge is 0.475 e. The van der Waals surface area contributed by atoms with Crippen molar-refractivity contribution in [1.29, 1.82) is 0 Å². The van der Waals surface area contributed by atoms with E-state index in [4.69, 9.17) is 10.5 Å². The minimum atomic E-state index is 0.120. The highest BCUT2D eigenvalue weighted by atomic mass is 16.5. The Morgan fingerprint density at radius 3 is 2.95 bits per heavy atom. The number of piperidine rings is 1. The van der Waals surface area contributed by atoms with E-state index in [1.54, 1.807) is 6.33 Å². The first-order chi connectivity index (χ1) is 9.10. The molecule has 5 heteroatoms. The highest BCUT2D eigenvalue weighted by Gasteiger charge is 2.26. The molecular formula is C14H24N4O. The summed E-state index contributed by atoms with van der Waals surface area (Å²) in [5, 5.41) is 0. The Balaban J connectivity index is 2.15. The summed E-state index contributed by atoms with van der Waals surface area (Å²) in [6.45, 7) is 7.93. The summed E-state index contributed by atoms with van der Waals surface area (Å²) in [4.78, 5) is 10.8. The fraction of sp³-hybridized carbons (Fsp3) is 0.714. The number of aromatic nitrogens is 2. The number of anilines is 1. The van der Waals surface area contributed by atoms with Crippen molar-refractivity contribution >= 4 is 5.82 Å². The van der Waals surface area contributed by atoms with E-state index in [1.165, 1.54) is 6.42 Å². The zero-order valence-electron chi connectivity index (χ0n) is 12.0.